The van der Waals surface area contributed by atoms with Gasteiger partial charge in [-0.15, -0.1) is 0 Å². The number of carbonyl (C=O) groups excluding carboxylic acids is 1. The molecule has 0 aromatic rings. The van der Waals surface area contributed by atoms with Crippen LogP contribution in [0.15, 0.2) is 0 Å². The van der Waals surface area contributed by atoms with E-state index in [1.807, 2.05) is 6.92 Å². The maximum absolute atomic E-state index is 11.1. The lowest BCUT2D eigenvalue weighted by Gasteiger charge is -2.20. The van der Waals surface area contributed by atoms with Gasteiger partial charge >= 0.3 is 5.97 Å². The summed E-state index contributed by atoms with van der Waals surface area (Å²) in [7, 11) is 2.23. The molecule has 0 spiro atoms. The molecule has 18 heavy (non-hydrogen) atoms. The summed E-state index contributed by atoms with van der Waals surface area (Å²) >= 11 is 0. The highest BCUT2D eigenvalue weighted by Gasteiger charge is 2.16. The molecule has 3 heteroatoms. The predicted molar refractivity (Wildman–Crippen MR) is 74.6 cm³/mol. The third-order valence-electron chi connectivity index (χ3n) is 3.77. The Balaban J connectivity index is 1.91. The molecule has 0 bridgehead atoms. The fourth-order valence-electron chi connectivity index (χ4n) is 2.79. The molecule has 0 heterocycles. The van der Waals surface area contributed by atoms with Crippen LogP contribution >= 0.6 is 0 Å². The highest BCUT2D eigenvalue weighted by atomic mass is 16.5. The quantitative estimate of drug-likeness (QED) is 0.468. The van der Waals surface area contributed by atoms with E-state index in [1.54, 1.807) is 0 Å². The molecule has 0 atom stereocenters. The van der Waals surface area contributed by atoms with Crippen LogP contribution < -0.4 is 0 Å². The Morgan fingerprint density at radius 3 is 2.61 bits per heavy atom. The number of esters is 1. The van der Waals surface area contributed by atoms with Crippen molar-refractivity contribution in [2.45, 2.75) is 58.3 Å². The van der Waals surface area contributed by atoms with Gasteiger partial charge in [0, 0.05) is 13.0 Å². The Labute approximate surface area is 112 Å². The first kappa shape index (κ1) is 15.5. The van der Waals surface area contributed by atoms with E-state index in [9.17, 15) is 4.79 Å². The van der Waals surface area contributed by atoms with Crippen molar-refractivity contribution in [2.24, 2.45) is 5.92 Å². The fourth-order valence-corrected chi connectivity index (χ4v) is 2.79. The van der Waals surface area contributed by atoms with Crippen molar-refractivity contribution in [1.29, 1.82) is 0 Å². The molecule has 0 aromatic carbocycles. The molecule has 0 saturated heterocycles. The van der Waals surface area contributed by atoms with Gasteiger partial charge in [0.2, 0.25) is 0 Å². The minimum atomic E-state index is -0.0446. The monoisotopic (exact) mass is 255 g/mol. The maximum Gasteiger partial charge on any atom is 0.305 e. The molecule has 0 radical (unpaired) electrons. The minimum absolute atomic E-state index is 0.0446. The molecule has 1 rings (SSSR count). The topological polar surface area (TPSA) is 29.5 Å². The molecule has 0 aromatic heterocycles. The van der Waals surface area contributed by atoms with Gasteiger partial charge < -0.3 is 9.64 Å². The number of unbranched alkanes of at least 4 members (excludes halogenated alkanes) is 2. The highest BCUT2D eigenvalue weighted by Crippen LogP contribution is 2.25. The zero-order chi connectivity index (χ0) is 13.2. The molecule has 1 fully saturated rings. The fraction of sp³-hybridized carbons (Fsp3) is 0.933. The second-order valence-electron chi connectivity index (χ2n) is 5.53. The molecular weight excluding hydrogens is 226 g/mol. The maximum atomic E-state index is 11.1. The second-order valence-corrected chi connectivity index (χ2v) is 5.53. The second kappa shape index (κ2) is 9.37. The molecule has 0 unspecified atom stereocenters. The van der Waals surface area contributed by atoms with E-state index in [0.29, 0.717) is 13.0 Å². The standard InChI is InChI=1S/C15H29NO2/c1-3-18-15(17)11-5-4-8-12-16(2)13-14-9-6-7-10-14/h14H,3-13H2,1-2H3. The summed E-state index contributed by atoms with van der Waals surface area (Å²) < 4.78 is 4.91. The molecule has 1 saturated carbocycles. The number of ether oxygens (including phenoxy) is 1. The van der Waals surface area contributed by atoms with E-state index in [0.717, 1.165) is 18.8 Å². The van der Waals surface area contributed by atoms with Gasteiger partial charge in [0.05, 0.1) is 6.61 Å². The number of nitrogens with zero attached hydrogens (tertiary/aromatic N) is 1. The first-order chi connectivity index (χ1) is 8.72. The van der Waals surface area contributed by atoms with Gasteiger partial charge in [0.25, 0.3) is 0 Å². The summed E-state index contributed by atoms with van der Waals surface area (Å²) in [5.41, 5.74) is 0. The zero-order valence-electron chi connectivity index (χ0n) is 12.1. The van der Waals surface area contributed by atoms with Gasteiger partial charge in [0.1, 0.15) is 0 Å². The molecule has 1 aliphatic rings. The molecular formula is C15H29NO2. The van der Waals surface area contributed by atoms with Crippen molar-refractivity contribution in [2.75, 3.05) is 26.7 Å². The van der Waals surface area contributed by atoms with Gasteiger partial charge in [-0.25, -0.2) is 0 Å². The molecule has 106 valence electrons. The van der Waals surface area contributed by atoms with Crippen LogP contribution in [-0.2, 0) is 9.53 Å². The molecule has 0 aliphatic heterocycles. The first-order valence-electron chi connectivity index (χ1n) is 7.56. The van der Waals surface area contributed by atoms with Crippen molar-refractivity contribution in [3.8, 4) is 0 Å². The molecule has 3 nitrogen and oxygen atoms in total. The first-order valence-corrected chi connectivity index (χ1v) is 7.56. The van der Waals surface area contributed by atoms with Crippen LogP contribution in [0.5, 0.6) is 0 Å². The number of hydrogen-bond donors (Lipinski definition) is 0. The van der Waals surface area contributed by atoms with Crippen LogP contribution in [0.3, 0.4) is 0 Å². The largest absolute Gasteiger partial charge is 0.466 e. The summed E-state index contributed by atoms with van der Waals surface area (Å²) in [5.74, 6) is 0.895. The van der Waals surface area contributed by atoms with E-state index in [1.165, 1.54) is 45.2 Å². The Morgan fingerprint density at radius 1 is 1.22 bits per heavy atom. The lowest BCUT2D eigenvalue weighted by atomic mass is 10.1. The smallest absolute Gasteiger partial charge is 0.305 e. The van der Waals surface area contributed by atoms with Crippen molar-refractivity contribution in [1.82, 2.24) is 4.90 Å². The van der Waals surface area contributed by atoms with E-state index < -0.39 is 0 Å². The summed E-state index contributed by atoms with van der Waals surface area (Å²) in [4.78, 5) is 13.6. The van der Waals surface area contributed by atoms with Gasteiger partial charge in [-0.1, -0.05) is 19.3 Å². The van der Waals surface area contributed by atoms with Gasteiger partial charge in [-0.2, -0.15) is 0 Å². The van der Waals surface area contributed by atoms with Crippen LogP contribution in [0.1, 0.15) is 58.3 Å². The van der Waals surface area contributed by atoms with Crippen LogP contribution in [0, 0.1) is 5.92 Å². The number of carbonyl (C=O) groups is 1. The average Bonchev–Trinajstić information content (AvgIpc) is 2.81. The van der Waals surface area contributed by atoms with E-state index >= 15 is 0 Å². The van der Waals surface area contributed by atoms with Gasteiger partial charge in [-0.3, -0.25) is 4.79 Å². The van der Waals surface area contributed by atoms with Gasteiger partial charge in [-0.05, 0) is 52.1 Å². The van der Waals surface area contributed by atoms with Crippen LogP contribution in [0.4, 0.5) is 0 Å². The van der Waals surface area contributed by atoms with Crippen LogP contribution in [-0.4, -0.2) is 37.6 Å². The van der Waals surface area contributed by atoms with Crippen LogP contribution in [0.25, 0.3) is 0 Å². The Hall–Kier alpha value is -0.570. The van der Waals surface area contributed by atoms with Crippen molar-refractivity contribution in [3.63, 3.8) is 0 Å². The van der Waals surface area contributed by atoms with Crippen LogP contribution in [0.2, 0.25) is 0 Å². The van der Waals surface area contributed by atoms with Crippen molar-refractivity contribution in [3.05, 3.63) is 0 Å². The van der Waals surface area contributed by atoms with E-state index in [-0.39, 0.29) is 5.97 Å². The molecule has 0 N–H and O–H groups in total. The predicted octanol–water partition coefficient (Wildman–Crippen LogP) is 3.23. The summed E-state index contributed by atoms with van der Waals surface area (Å²) in [6, 6.07) is 0. The van der Waals surface area contributed by atoms with E-state index in [4.69, 9.17) is 4.74 Å². The molecule has 1 aliphatic carbocycles. The molecule has 0 amide bonds. The van der Waals surface area contributed by atoms with E-state index in [2.05, 4.69) is 11.9 Å². The number of hydrogen-bond acceptors (Lipinski definition) is 3. The number of rotatable bonds is 9. The van der Waals surface area contributed by atoms with Crippen molar-refractivity contribution >= 4 is 5.97 Å². The van der Waals surface area contributed by atoms with Gasteiger partial charge in [0.15, 0.2) is 0 Å². The highest BCUT2D eigenvalue weighted by molar-refractivity contribution is 5.69. The summed E-state index contributed by atoms with van der Waals surface area (Å²) in [5, 5.41) is 0. The normalized spacial score (nSPS) is 16.4. The summed E-state index contributed by atoms with van der Waals surface area (Å²) in [6.07, 6.45) is 9.59. The third-order valence-corrected chi connectivity index (χ3v) is 3.77. The Kier molecular flexibility index (Phi) is 8.06. The zero-order valence-corrected chi connectivity index (χ0v) is 12.1. The SMILES string of the molecule is CCOC(=O)CCCCCN(C)CC1CCCC1. The summed E-state index contributed by atoms with van der Waals surface area (Å²) in [6.45, 7) is 4.79. The lowest BCUT2D eigenvalue weighted by Crippen LogP contribution is -2.25. The Bertz CT molecular complexity index is 225. The average molecular weight is 255 g/mol. The third kappa shape index (κ3) is 7.00. The van der Waals surface area contributed by atoms with Crippen molar-refractivity contribution < 1.29 is 9.53 Å². The lowest BCUT2D eigenvalue weighted by molar-refractivity contribution is -0.143. The minimum Gasteiger partial charge on any atom is -0.466 e. The Morgan fingerprint density at radius 2 is 1.94 bits per heavy atom.